The summed E-state index contributed by atoms with van der Waals surface area (Å²) in [5.41, 5.74) is 2.37. The number of ketones is 1. The molecule has 3 aromatic rings. The van der Waals surface area contributed by atoms with Gasteiger partial charge in [0.15, 0.2) is 5.78 Å². The molecule has 0 aliphatic rings. The van der Waals surface area contributed by atoms with Crippen LogP contribution in [0.25, 0.3) is 10.9 Å². The van der Waals surface area contributed by atoms with E-state index in [1.165, 1.54) is 0 Å². The molecular weight excluding hydrogens is 260 g/mol. The Morgan fingerprint density at radius 1 is 1.10 bits per heavy atom. The minimum Gasteiger partial charge on any atom is -0.347 e. The van der Waals surface area contributed by atoms with Gasteiger partial charge < -0.3 is 4.57 Å². The van der Waals surface area contributed by atoms with E-state index in [2.05, 4.69) is 6.07 Å². The van der Waals surface area contributed by atoms with Crippen LogP contribution in [0.1, 0.15) is 22.3 Å². The molecule has 0 bridgehead atoms. The zero-order chi connectivity index (χ0) is 14.7. The van der Waals surface area contributed by atoms with E-state index in [-0.39, 0.29) is 5.78 Å². The molecule has 0 aliphatic carbocycles. The monoisotopic (exact) mass is 274 g/mol. The molecule has 0 spiro atoms. The first-order chi connectivity index (χ1) is 10.3. The summed E-state index contributed by atoms with van der Waals surface area (Å²) in [5, 5.41) is 10.1. The number of carbonyl (C=O) groups excluding carboxylic acids is 1. The quantitative estimate of drug-likeness (QED) is 0.679. The molecule has 21 heavy (non-hydrogen) atoms. The van der Waals surface area contributed by atoms with Crippen molar-refractivity contribution in [2.24, 2.45) is 0 Å². The molecule has 0 radical (unpaired) electrons. The van der Waals surface area contributed by atoms with Crippen LogP contribution in [-0.4, -0.2) is 10.4 Å². The SMILES string of the molecule is N#Cc1ccc2ccn(CCC(=O)c3ccccc3)c2c1. The van der Waals surface area contributed by atoms with E-state index >= 15 is 0 Å². The van der Waals surface area contributed by atoms with E-state index < -0.39 is 0 Å². The molecule has 0 unspecified atom stereocenters. The van der Waals surface area contributed by atoms with E-state index in [0.29, 0.717) is 18.5 Å². The molecule has 1 heterocycles. The van der Waals surface area contributed by atoms with Crippen LogP contribution in [0.5, 0.6) is 0 Å². The molecule has 3 nitrogen and oxygen atoms in total. The first-order valence-corrected chi connectivity index (χ1v) is 6.85. The summed E-state index contributed by atoms with van der Waals surface area (Å²) in [6, 6.07) is 19.1. The van der Waals surface area contributed by atoms with Crippen LogP contribution in [0.4, 0.5) is 0 Å². The fraction of sp³-hybridized carbons (Fsp3) is 0.111. The number of benzene rings is 2. The lowest BCUT2D eigenvalue weighted by Gasteiger charge is -2.05. The smallest absolute Gasteiger partial charge is 0.164 e. The third-order valence-corrected chi connectivity index (χ3v) is 3.58. The molecule has 0 saturated heterocycles. The molecule has 0 N–H and O–H groups in total. The van der Waals surface area contributed by atoms with Gasteiger partial charge in [-0.05, 0) is 23.6 Å². The maximum absolute atomic E-state index is 12.1. The van der Waals surface area contributed by atoms with Crippen molar-refractivity contribution in [3.05, 3.63) is 71.9 Å². The normalized spacial score (nSPS) is 10.4. The second-order valence-electron chi connectivity index (χ2n) is 4.93. The van der Waals surface area contributed by atoms with Gasteiger partial charge in [-0.3, -0.25) is 4.79 Å². The maximum atomic E-state index is 12.1. The lowest BCUT2D eigenvalue weighted by atomic mass is 10.1. The third-order valence-electron chi connectivity index (χ3n) is 3.58. The Bertz CT molecular complexity index is 825. The summed E-state index contributed by atoms with van der Waals surface area (Å²) in [4.78, 5) is 12.1. The van der Waals surface area contributed by atoms with Crippen molar-refractivity contribution in [3.63, 3.8) is 0 Å². The van der Waals surface area contributed by atoms with Crippen molar-refractivity contribution in [2.75, 3.05) is 0 Å². The van der Waals surface area contributed by atoms with E-state index in [1.54, 1.807) is 0 Å². The van der Waals surface area contributed by atoms with E-state index in [9.17, 15) is 4.79 Å². The highest BCUT2D eigenvalue weighted by Gasteiger charge is 2.07. The zero-order valence-corrected chi connectivity index (χ0v) is 11.5. The predicted octanol–water partition coefficient (Wildman–Crippen LogP) is 3.79. The third kappa shape index (κ3) is 2.70. The van der Waals surface area contributed by atoms with Gasteiger partial charge in [0.25, 0.3) is 0 Å². The molecule has 0 fully saturated rings. The number of nitrogens with zero attached hydrogens (tertiary/aromatic N) is 2. The van der Waals surface area contributed by atoms with Crippen LogP contribution in [0.2, 0.25) is 0 Å². The lowest BCUT2D eigenvalue weighted by molar-refractivity contribution is 0.0977. The minimum absolute atomic E-state index is 0.133. The molecule has 3 rings (SSSR count). The molecule has 0 aliphatic heterocycles. The van der Waals surface area contributed by atoms with Crippen LogP contribution in [-0.2, 0) is 6.54 Å². The first-order valence-electron chi connectivity index (χ1n) is 6.85. The molecule has 0 amide bonds. The zero-order valence-electron chi connectivity index (χ0n) is 11.5. The average Bonchev–Trinajstić information content (AvgIpc) is 2.95. The van der Waals surface area contributed by atoms with Crippen molar-refractivity contribution in [2.45, 2.75) is 13.0 Å². The van der Waals surface area contributed by atoms with Gasteiger partial charge in [-0.2, -0.15) is 5.26 Å². The molecule has 3 heteroatoms. The van der Waals surface area contributed by atoms with Gasteiger partial charge in [-0.15, -0.1) is 0 Å². The number of aryl methyl sites for hydroxylation is 1. The fourth-order valence-corrected chi connectivity index (χ4v) is 2.44. The Morgan fingerprint density at radius 2 is 1.90 bits per heavy atom. The van der Waals surface area contributed by atoms with Crippen molar-refractivity contribution < 1.29 is 4.79 Å². The standard InChI is InChI=1S/C18H14N2O/c19-13-14-6-7-15-8-10-20(17(15)12-14)11-9-18(21)16-4-2-1-3-5-16/h1-8,10,12H,9,11H2. The molecule has 0 saturated carbocycles. The number of aromatic nitrogens is 1. The Hall–Kier alpha value is -2.86. The van der Waals surface area contributed by atoms with E-state index in [1.807, 2.05) is 65.4 Å². The molecule has 2 aromatic carbocycles. The fourth-order valence-electron chi connectivity index (χ4n) is 2.44. The Kier molecular flexibility index (Phi) is 3.53. The largest absolute Gasteiger partial charge is 0.347 e. The summed E-state index contributed by atoms with van der Waals surface area (Å²) >= 11 is 0. The first kappa shape index (κ1) is 13.1. The summed E-state index contributed by atoms with van der Waals surface area (Å²) in [6.07, 6.45) is 2.41. The highest BCUT2D eigenvalue weighted by atomic mass is 16.1. The van der Waals surface area contributed by atoms with Crippen molar-refractivity contribution in [1.29, 1.82) is 5.26 Å². The van der Waals surface area contributed by atoms with Crippen LogP contribution in [0.3, 0.4) is 0 Å². The van der Waals surface area contributed by atoms with Gasteiger partial charge in [-0.1, -0.05) is 36.4 Å². The summed E-state index contributed by atoms with van der Waals surface area (Å²) in [7, 11) is 0. The van der Waals surface area contributed by atoms with Gasteiger partial charge in [-0.25, -0.2) is 0 Å². The number of carbonyl (C=O) groups is 1. The highest BCUT2D eigenvalue weighted by molar-refractivity contribution is 5.96. The van der Waals surface area contributed by atoms with Crippen LogP contribution >= 0.6 is 0 Å². The van der Waals surface area contributed by atoms with Crippen molar-refractivity contribution in [1.82, 2.24) is 4.57 Å². The highest BCUT2D eigenvalue weighted by Crippen LogP contribution is 2.18. The van der Waals surface area contributed by atoms with E-state index in [0.717, 1.165) is 16.5 Å². The number of hydrogen-bond acceptors (Lipinski definition) is 2. The number of fused-ring (bicyclic) bond motifs is 1. The topological polar surface area (TPSA) is 45.8 Å². The van der Waals surface area contributed by atoms with Gasteiger partial charge in [0.2, 0.25) is 0 Å². The van der Waals surface area contributed by atoms with Crippen molar-refractivity contribution >= 4 is 16.7 Å². The van der Waals surface area contributed by atoms with Gasteiger partial charge in [0, 0.05) is 30.2 Å². The van der Waals surface area contributed by atoms with Gasteiger partial charge in [0.05, 0.1) is 11.6 Å². The number of hydrogen-bond donors (Lipinski definition) is 0. The molecule has 102 valence electrons. The molecule has 1 aromatic heterocycles. The summed E-state index contributed by atoms with van der Waals surface area (Å²) < 4.78 is 2.02. The average molecular weight is 274 g/mol. The maximum Gasteiger partial charge on any atom is 0.164 e. The van der Waals surface area contributed by atoms with Crippen LogP contribution in [0.15, 0.2) is 60.8 Å². The minimum atomic E-state index is 0.133. The van der Waals surface area contributed by atoms with Crippen molar-refractivity contribution in [3.8, 4) is 6.07 Å². The number of nitriles is 1. The van der Waals surface area contributed by atoms with Crippen LogP contribution in [0, 0.1) is 11.3 Å². The Morgan fingerprint density at radius 3 is 2.67 bits per heavy atom. The van der Waals surface area contributed by atoms with E-state index in [4.69, 9.17) is 5.26 Å². The number of Topliss-reactive ketones (excluding diaryl/α,β-unsaturated/α-hetero) is 1. The summed E-state index contributed by atoms with van der Waals surface area (Å²) in [5.74, 6) is 0.133. The second-order valence-corrected chi connectivity index (χ2v) is 4.93. The second kappa shape index (κ2) is 5.64. The Labute approximate surface area is 123 Å². The van der Waals surface area contributed by atoms with Gasteiger partial charge in [0.1, 0.15) is 0 Å². The summed E-state index contributed by atoms with van der Waals surface area (Å²) in [6.45, 7) is 0.617. The lowest BCUT2D eigenvalue weighted by Crippen LogP contribution is -2.05. The van der Waals surface area contributed by atoms with Gasteiger partial charge >= 0.3 is 0 Å². The Balaban J connectivity index is 1.80. The predicted molar refractivity (Wildman–Crippen MR) is 82.0 cm³/mol. The molecular formula is C18H14N2O. The number of rotatable bonds is 4. The molecule has 0 atom stereocenters. The van der Waals surface area contributed by atoms with Crippen LogP contribution < -0.4 is 0 Å².